The van der Waals surface area contributed by atoms with E-state index in [1.54, 1.807) is 13.2 Å². The Labute approximate surface area is 157 Å². The summed E-state index contributed by atoms with van der Waals surface area (Å²) < 4.78 is 5.02. The van der Waals surface area contributed by atoms with Crippen molar-refractivity contribution >= 4 is 34.5 Å². The number of pyridine rings is 1. The highest BCUT2D eigenvalue weighted by molar-refractivity contribution is 7.99. The van der Waals surface area contributed by atoms with Crippen molar-refractivity contribution in [2.45, 2.75) is 36.9 Å². The first-order valence-electron chi connectivity index (χ1n) is 8.68. The summed E-state index contributed by atoms with van der Waals surface area (Å²) in [7, 11) is 1.60. The van der Waals surface area contributed by atoms with E-state index in [0.717, 1.165) is 23.7 Å². The second-order valence-electron chi connectivity index (χ2n) is 6.49. The molecule has 0 saturated heterocycles. The number of amides is 2. The van der Waals surface area contributed by atoms with Gasteiger partial charge in [-0.15, -0.1) is 0 Å². The first-order valence-corrected chi connectivity index (χ1v) is 9.67. The van der Waals surface area contributed by atoms with Crippen molar-refractivity contribution in [1.29, 1.82) is 0 Å². The molecule has 0 bridgehead atoms. The van der Waals surface area contributed by atoms with Crippen LogP contribution in [0, 0.1) is 0 Å². The van der Waals surface area contributed by atoms with Gasteiger partial charge in [0, 0.05) is 24.6 Å². The van der Waals surface area contributed by atoms with Gasteiger partial charge in [-0.3, -0.25) is 9.59 Å². The van der Waals surface area contributed by atoms with Crippen molar-refractivity contribution in [3.05, 3.63) is 35.9 Å². The van der Waals surface area contributed by atoms with Crippen molar-refractivity contribution in [1.82, 2.24) is 15.6 Å². The number of methoxy groups -OCH3 is 1. The Balaban J connectivity index is 1.73. The van der Waals surface area contributed by atoms with E-state index in [1.165, 1.54) is 11.8 Å². The largest absolute Gasteiger partial charge is 0.383 e. The lowest BCUT2D eigenvalue weighted by atomic mass is 10.1. The number of aromatic nitrogens is 1. The van der Waals surface area contributed by atoms with Gasteiger partial charge in [-0.25, -0.2) is 4.98 Å². The zero-order valence-electron chi connectivity index (χ0n) is 15.0. The Bertz CT molecular complexity index is 808. The number of nitrogens with zero attached hydrogens (tertiary/aromatic N) is 1. The molecular formula is C19H23N3O3S. The molecule has 26 heavy (non-hydrogen) atoms. The lowest BCUT2D eigenvalue weighted by Gasteiger charge is -2.13. The van der Waals surface area contributed by atoms with E-state index in [9.17, 15) is 9.59 Å². The van der Waals surface area contributed by atoms with Crippen LogP contribution in [-0.4, -0.2) is 48.4 Å². The van der Waals surface area contributed by atoms with Crippen LogP contribution in [0.25, 0.3) is 10.9 Å². The Morgan fingerprint density at radius 2 is 2.12 bits per heavy atom. The Hall–Kier alpha value is -2.12. The van der Waals surface area contributed by atoms with Crippen LogP contribution in [0.5, 0.6) is 0 Å². The maximum absolute atomic E-state index is 12.6. The molecule has 1 aliphatic rings. The van der Waals surface area contributed by atoms with Crippen molar-refractivity contribution in [2.24, 2.45) is 0 Å². The standard InChI is InChI=1S/C19H23N3O3S/c1-12(10-25-2)20-17(23)11-26-18-9-15(19(24)21-13-7-8-13)14-5-3-4-6-16(14)22-18/h3-6,9,12-13H,7-8,10-11H2,1-2H3,(H,20,23)(H,21,24). The van der Waals surface area contributed by atoms with Crippen LogP contribution in [0.3, 0.4) is 0 Å². The van der Waals surface area contributed by atoms with E-state index in [2.05, 4.69) is 15.6 Å². The number of nitrogens with one attached hydrogen (secondary N) is 2. The summed E-state index contributed by atoms with van der Waals surface area (Å²) in [5.41, 5.74) is 1.37. The number of ether oxygens (including phenoxy) is 1. The van der Waals surface area contributed by atoms with Gasteiger partial charge in [-0.05, 0) is 31.9 Å². The molecule has 2 amide bonds. The van der Waals surface area contributed by atoms with Gasteiger partial charge in [-0.1, -0.05) is 30.0 Å². The van der Waals surface area contributed by atoms with E-state index in [-0.39, 0.29) is 23.6 Å². The molecule has 138 valence electrons. The molecule has 0 radical (unpaired) electrons. The third-order valence-electron chi connectivity index (χ3n) is 4.03. The summed E-state index contributed by atoms with van der Waals surface area (Å²) in [6.07, 6.45) is 2.08. The fourth-order valence-electron chi connectivity index (χ4n) is 2.65. The second kappa shape index (κ2) is 8.51. The first-order chi connectivity index (χ1) is 12.6. The molecule has 1 saturated carbocycles. The minimum atomic E-state index is -0.0847. The SMILES string of the molecule is COCC(C)NC(=O)CSc1cc(C(=O)NC2CC2)c2ccccc2n1. The summed E-state index contributed by atoms with van der Waals surface area (Å²) in [6.45, 7) is 2.36. The number of fused-ring (bicyclic) bond motifs is 1. The van der Waals surface area contributed by atoms with Crippen LogP contribution < -0.4 is 10.6 Å². The summed E-state index contributed by atoms with van der Waals surface area (Å²) in [5.74, 6) is 0.0768. The van der Waals surface area contributed by atoms with E-state index in [0.29, 0.717) is 23.2 Å². The number of hydrogen-bond donors (Lipinski definition) is 2. The lowest BCUT2D eigenvalue weighted by molar-refractivity contribution is -0.119. The van der Waals surface area contributed by atoms with Gasteiger partial charge in [0.15, 0.2) is 0 Å². The quantitative estimate of drug-likeness (QED) is 0.695. The highest BCUT2D eigenvalue weighted by atomic mass is 32.2. The van der Waals surface area contributed by atoms with Crippen molar-refractivity contribution in [3.63, 3.8) is 0 Å². The first kappa shape index (κ1) is 18.7. The zero-order chi connectivity index (χ0) is 18.5. The van der Waals surface area contributed by atoms with Crippen LogP contribution in [-0.2, 0) is 9.53 Å². The van der Waals surface area contributed by atoms with Crippen LogP contribution in [0.15, 0.2) is 35.4 Å². The number of rotatable bonds is 8. The molecule has 0 spiro atoms. The van der Waals surface area contributed by atoms with Gasteiger partial charge in [0.2, 0.25) is 5.91 Å². The monoisotopic (exact) mass is 373 g/mol. The van der Waals surface area contributed by atoms with E-state index >= 15 is 0 Å². The Morgan fingerprint density at radius 1 is 1.35 bits per heavy atom. The summed E-state index contributed by atoms with van der Waals surface area (Å²) in [5, 5.41) is 7.39. The van der Waals surface area contributed by atoms with Crippen LogP contribution in [0.4, 0.5) is 0 Å². The van der Waals surface area contributed by atoms with Gasteiger partial charge in [0.1, 0.15) is 0 Å². The fourth-order valence-corrected chi connectivity index (χ4v) is 3.38. The van der Waals surface area contributed by atoms with E-state index < -0.39 is 0 Å². The van der Waals surface area contributed by atoms with Crippen molar-refractivity contribution in [3.8, 4) is 0 Å². The summed E-state index contributed by atoms with van der Waals surface area (Å²) in [4.78, 5) is 29.2. The molecule has 0 aliphatic heterocycles. The second-order valence-corrected chi connectivity index (χ2v) is 7.48. The summed E-state index contributed by atoms with van der Waals surface area (Å²) in [6, 6.07) is 9.60. The molecule has 1 fully saturated rings. The third-order valence-corrected chi connectivity index (χ3v) is 4.94. The molecule has 1 aromatic carbocycles. The molecule has 1 aliphatic carbocycles. The average molecular weight is 373 g/mol. The molecule has 1 atom stereocenters. The smallest absolute Gasteiger partial charge is 0.252 e. The molecule has 1 unspecified atom stereocenters. The summed E-state index contributed by atoms with van der Waals surface area (Å²) >= 11 is 1.33. The van der Waals surface area contributed by atoms with Gasteiger partial charge < -0.3 is 15.4 Å². The van der Waals surface area contributed by atoms with E-state index in [4.69, 9.17) is 4.74 Å². The molecule has 2 N–H and O–H groups in total. The minimum absolute atomic E-state index is 0.0439. The van der Waals surface area contributed by atoms with E-state index in [1.807, 2.05) is 31.2 Å². The van der Waals surface area contributed by atoms with Gasteiger partial charge in [0.25, 0.3) is 5.91 Å². The Kier molecular flexibility index (Phi) is 6.11. The molecule has 1 aromatic heterocycles. The van der Waals surface area contributed by atoms with Crippen LogP contribution >= 0.6 is 11.8 Å². The van der Waals surface area contributed by atoms with Gasteiger partial charge >= 0.3 is 0 Å². The average Bonchev–Trinajstić information content (AvgIpc) is 3.43. The van der Waals surface area contributed by atoms with Gasteiger partial charge in [0.05, 0.1) is 28.5 Å². The number of hydrogen-bond acceptors (Lipinski definition) is 5. The number of carbonyl (C=O) groups is 2. The highest BCUT2D eigenvalue weighted by Gasteiger charge is 2.25. The zero-order valence-corrected chi connectivity index (χ0v) is 15.8. The molecule has 3 rings (SSSR count). The molecule has 6 nitrogen and oxygen atoms in total. The maximum atomic E-state index is 12.6. The predicted octanol–water partition coefficient (Wildman–Crippen LogP) is 2.37. The topological polar surface area (TPSA) is 80.3 Å². The van der Waals surface area contributed by atoms with Crippen LogP contribution in [0.2, 0.25) is 0 Å². The number of thioether (sulfide) groups is 1. The normalized spacial score (nSPS) is 14.8. The van der Waals surface area contributed by atoms with Crippen molar-refractivity contribution < 1.29 is 14.3 Å². The lowest BCUT2D eigenvalue weighted by Crippen LogP contribution is -2.36. The molecule has 2 aromatic rings. The molecular weight excluding hydrogens is 350 g/mol. The van der Waals surface area contributed by atoms with Crippen LogP contribution in [0.1, 0.15) is 30.1 Å². The number of benzene rings is 1. The minimum Gasteiger partial charge on any atom is -0.383 e. The Morgan fingerprint density at radius 3 is 2.85 bits per heavy atom. The third kappa shape index (κ3) is 4.95. The van der Waals surface area contributed by atoms with Crippen molar-refractivity contribution in [2.75, 3.05) is 19.5 Å². The number of para-hydroxylation sites is 1. The molecule has 7 heteroatoms. The number of carbonyl (C=O) groups excluding carboxylic acids is 2. The maximum Gasteiger partial charge on any atom is 0.252 e. The predicted molar refractivity (Wildman–Crippen MR) is 102 cm³/mol. The van der Waals surface area contributed by atoms with Gasteiger partial charge in [-0.2, -0.15) is 0 Å². The fraction of sp³-hybridized carbons (Fsp3) is 0.421. The molecule has 1 heterocycles. The highest BCUT2D eigenvalue weighted by Crippen LogP contribution is 2.26.